The van der Waals surface area contributed by atoms with Crippen LogP contribution in [0, 0.1) is 0 Å². The van der Waals surface area contributed by atoms with E-state index in [1.165, 1.54) is 18.3 Å². The molecule has 0 unspecified atom stereocenters. The van der Waals surface area contributed by atoms with Crippen molar-refractivity contribution in [2.45, 2.75) is 6.54 Å². The Labute approximate surface area is 136 Å². The molecule has 0 bridgehead atoms. The number of aromatic amines is 1. The second-order valence-electron chi connectivity index (χ2n) is 4.79. The van der Waals surface area contributed by atoms with Crippen molar-refractivity contribution in [1.82, 2.24) is 25.4 Å². The number of aromatic nitrogens is 4. The minimum atomic E-state index is -0.297. The molecule has 0 aliphatic rings. The van der Waals surface area contributed by atoms with Crippen LogP contribution < -0.4 is 10.9 Å². The van der Waals surface area contributed by atoms with Gasteiger partial charge >= 0.3 is 0 Å². The van der Waals surface area contributed by atoms with Crippen LogP contribution in [0.3, 0.4) is 0 Å². The van der Waals surface area contributed by atoms with Gasteiger partial charge in [-0.2, -0.15) is 4.98 Å². The lowest BCUT2D eigenvalue weighted by atomic mass is 10.2. The van der Waals surface area contributed by atoms with E-state index in [9.17, 15) is 9.59 Å². The Kier molecular flexibility index (Phi) is 4.57. The summed E-state index contributed by atoms with van der Waals surface area (Å²) in [5.74, 6) is 0.236. The predicted molar refractivity (Wildman–Crippen MR) is 85.5 cm³/mol. The fourth-order valence-corrected chi connectivity index (χ4v) is 1.90. The van der Waals surface area contributed by atoms with Gasteiger partial charge in [-0.1, -0.05) is 11.2 Å². The summed E-state index contributed by atoms with van der Waals surface area (Å²) in [6.07, 6.45) is 7.85. The monoisotopic (exact) mass is 323 g/mol. The second kappa shape index (κ2) is 7.14. The molecule has 8 nitrogen and oxygen atoms in total. The quantitative estimate of drug-likeness (QED) is 0.681. The smallest absolute Gasteiger partial charge is 0.248 e. The fourth-order valence-electron chi connectivity index (χ4n) is 1.90. The van der Waals surface area contributed by atoms with E-state index >= 15 is 0 Å². The van der Waals surface area contributed by atoms with Crippen LogP contribution in [0.5, 0.6) is 0 Å². The molecule has 0 radical (unpaired) electrons. The van der Waals surface area contributed by atoms with Gasteiger partial charge < -0.3 is 14.8 Å². The van der Waals surface area contributed by atoms with Crippen molar-refractivity contribution >= 4 is 12.0 Å². The van der Waals surface area contributed by atoms with Gasteiger partial charge in [-0.05, 0) is 23.8 Å². The van der Waals surface area contributed by atoms with Crippen molar-refractivity contribution in [3.05, 3.63) is 70.7 Å². The zero-order valence-corrected chi connectivity index (χ0v) is 12.5. The van der Waals surface area contributed by atoms with Gasteiger partial charge in [-0.3, -0.25) is 14.6 Å². The zero-order chi connectivity index (χ0) is 16.8. The number of nitrogens with one attached hydrogen (secondary N) is 2. The number of hydrogen-bond acceptors (Lipinski definition) is 6. The molecule has 3 aromatic heterocycles. The summed E-state index contributed by atoms with van der Waals surface area (Å²) in [5, 5.41) is 6.42. The van der Waals surface area contributed by atoms with Gasteiger partial charge in [-0.15, -0.1) is 0 Å². The van der Waals surface area contributed by atoms with Crippen molar-refractivity contribution < 1.29 is 9.32 Å². The lowest BCUT2D eigenvalue weighted by Crippen LogP contribution is -2.20. The third kappa shape index (κ3) is 4.01. The van der Waals surface area contributed by atoms with E-state index in [4.69, 9.17) is 4.52 Å². The van der Waals surface area contributed by atoms with E-state index < -0.39 is 0 Å². The highest BCUT2D eigenvalue weighted by Crippen LogP contribution is 2.12. The summed E-state index contributed by atoms with van der Waals surface area (Å²) >= 11 is 0. The van der Waals surface area contributed by atoms with Crippen LogP contribution in [0.2, 0.25) is 0 Å². The summed E-state index contributed by atoms with van der Waals surface area (Å²) in [7, 11) is 0. The van der Waals surface area contributed by atoms with Crippen LogP contribution in [0.4, 0.5) is 0 Å². The molecule has 0 aliphatic carbocycles. The number of nitrogens with zero attached hydrogens (tertiary/aromatic N) is 3. The number of pyridine rings is 2. The molecular formula is C16H13N5O3. The summed E-state index contributed by atoms with van der Waals surface area (Å²) in [6, 6.07) is 6.64. The van der Waals surface area contributed by atoms with Crippen molar-refractivity contribution in [1.29, 1.82) is 0 Å². The fraction of sp³-hybridized carbons (Fsp3) is 0.0625. The maximum absolute atomic E-state index is 11.8. The SMILES string of the molecule is O=C(/C=C\c1cccnc1)NCc1nc(-c2cc[nH]c(=O)c2)no1. The van der Waals surface area contributed by atoms with Crippen molar-refractivity contribution in [2.24, 2.45) is 0 Å². The minimum absolute atomic E-state index is 0.0897. The molecule has 0 aliphatic heterocycles. The summed E-state index contributed by atoms with van der Waals surface area (Å²) in [6.45, 7) is 0.0897. The summed E-state index contributed by atoms with van der Waals surface area (Å²) in [4.78, 5) is 33.6. The highest BCUT2D eigenvalue weighted by molar-refractivity contribution is 5.91. The van der Waals surface area contributed by atoms with Crippen molar-refractivity contribution in [3.8, 4) is 11.4 Å². The van der Waals surface area contributed by atoms with E-state index in [-0.39, 0.29) is 29.7 Å². The summed E-state index contributed by atoms with van der Waals surface area (Å²) in [5.41, 5.74) is 1.10. The molecule has 1 amide bonds. The Bertz CT molecular complexity index is 914. The number of H-pyrrole nitrogens is 1. The first-order valence-corrected chi connectivity index (χ1v) is 7.08. The first-order chi connectivity index (χ1) is 11.7. The predicted octanol–water partition coefficient (Wildman–Crippen LogP) is 1.15. The summed E-state index contributed by atoms with van der Waals surface area (Å²) < 4.78 is 5.05. The first-order valence-electron chi connectivity index (χ1n) is 7.08. The highest BCUT2D eigenvalue weighted by Gasteiger charge is 2.09. The molecule has 2 N–H and O–H groups in total. The Hall–Kier alpha value is -3.55. The molecule has 0 fully saturated rings. The van der Waals surface area contributed by atoms with Crippen LogP contribution in [-0.2, 0) is 11.3 Å². The largest absolute Gasteiger partial charge is 0.343 e. The van der Waals surface area contributed by atoms with E-state index in [0.29, 0.717) is 5.56 Å². The van der Waals surface area contributed by atoms with Crippen molar-refractivity contribution in [2.75, 3.05) is 0 Å². The van der Waals surface area contributed by atoms with Crippen molar-refractivity contribution in [3.63, 3.8) is 0 Å². The normalized spacial score (nSPS) is 10.8. The Balaban J connectivity index is 1.58. The number of rotatable bonds is 5. The van der Waals surface area contributed by atoms with Gasteiger partial charge in [0.1, 0.15) is 0 Å². The van der Waals surface area contributed by atoms with E-state index in [0.717, 1.165) is 5.56 Å². The number of hydrogen-bond donors (Lipinski definition) is 2. The molecule has 3 aromatic rings. The van der Waals surface area contributed by atoms with E-state index in [1.54, 1.807) is 30.6 Å². The zero-order valence-electron chi connectivity index (χ0n) is 12.5. The second-order valence-corrected chi connectivity index (χ2v) is 4.79. The number of amides is 1. The molecule has 0 spiro atoms. The van der Waals surface area contributed by atoms with Gasteiger partial charge in [0.05, 0.1) is 6.54 Å². The van der Waals surface area contributed by atoms with Gasteiger partial charge in [0.2, 0.25) is 23.2 Å². The van der Waals surface area contributed by atoms with Crippen LogP contribution in [0.15, 0.2) is 58.2 Å². The third-order valence-electron chi connectivity index (χ3n) is 3.03. The average molecular weight is 323 g/mol. The lowest BCUT2D eigenvalue weighted by Gasteiger charge is -1.96. The topological polar surface area (TPSA) is 114 Å². The molecular weight excluding hydrogens is 310 g/mol. The standard InChI is InChI=1S/C16H13N5O3/c22-13(4-3-11-2-1-6-17-9-11)19-10-15-20-16(21-24-15)12-5-7-18-14(23)8-12/h1-9H,10H2,(H,18,23)(H,19,22)/b4-3-. The molecule has 120 valence electrons. The third-order valence-corrected chi connectivity index (χ3v) is 3.03. The van der Waals surface area contributed by atoms with Crippen LogP contribution in [0.25, 0.3) is 17.5 Å². The first kappa shape index (κ1) is 15.3. The Morgan fingerprint density at radius 1 is 1.38 bits per heavy atom. The van der Waals surface area contributed by atoms with Crippen LogP contribution >= 0.6 is 0 Å². The molecule has 0 atom stereocenters. The molecule has 3 rings (SSSR count). The Morgan fingerprint density at radius 3 is 3.08 bits per heavy atom. The van der Waals surface area contributed by atoms with E-state index in [2.05, 4.69) is 25.4 Å². The van der Waals surface area contributed by atoms with E-state index in [1.807, 2.05) is 6.07 Å². The molecule has 0 aromatic carbocycles. The number of carbonyl (C=O) groups is 1. The maximum Gasteiger partial charge on any atom is 0.248 e. The lowest BCUT2D eigenvalue weighted by molar-refractivity contribution is -0.116. The molecule has 8 heteroatoms. The maximum atomic E-state index is 11.8. The molecule has 0 saturated heterocycles. The molecule has 24 heavy (non-hydrogen) atoms. The minimum Gasteiger partial charge on any atom is -0.343 e. The average Bonchev–Trinajstić information content (AvgIpc) is 3.08. The van der Waals surface area contributed by atoms with Gasteiger partial charge in [0.25, 0.3) is 0 Å². The number of carbonyl (C=O) groups excluding carboxylic acids is 1. The Morgan fingerprint density at radius 2 is 2.29 bits per heavy atom. The molecule has 3 heterocycles. The van der Waals surface area contributed by atoms with Crippen LogP contribution in [-0.4, -0.2) is 26.0 Å². The molecule has 0 saturated carbocycles. The van der Waals surface area contributed by atoms with Gasteiger partial charge in [0, 0.05) is 36.3 Å². The van der Waals surface area contributed by atoms with Crippen LogP contribution in [0.1, 0.15) is 11.5 Å². The van der Waals surface area contributed by atoms with Gasteiger partial charge in [-0.25, -0.2) is 0 Å². The van der Waals surface area contributed by atoms with Gasteiger partial charge in [0.15, 0.2) is 0 Å². The highest BCUT2D eigenvalue weighted by atomic mass is 16.5.